The fourth-order valence-corrected chi connectivity index (χ4v) is 2.66. The predicted molar refractivity (Wildman–Crippen MR) is 111 cm³/mol. The van der Waals surface area contributed by atoms with Gasteiger partial charge in [0, 0.05) is 20.1 Å². The van der Waals surface area contributed by atoms with Gasteiger partial charge in [-0.2, -0.15) is 0 Å². The average molecular weight is 389 g/mol. The lowest BCUT2D eigenvalue weighted by Crippen LogP contribution is -2.38. The summed E-state index contributed by atoms with van der Waals surface area (Å²) in [6, 6.07) is 6.09. The van der Waals surface area contributed by atoms with Crippen molar-refractivity contribution in [2.45, 2.75) is 40.7 Å². The summed E-state index contributed by atoms with van der Waals surface area (Å²) in [5.74, 6) is 4.06. The quantitative estimate of drug-likeness (QED) is 0.479. The molecule has 0 aliphatic carbocycles. The molecule has 2 aromatic rings. The molecule has 1 heterocycles. The van der Waals surface area contributed by atoms with Crippen LogP contribution in [0.25, 0.3) is 0 Å². The molecule has 8 nitrogen and oxygen atoms in total. The van der Waals surface area contributed by atoms with Crippen LogP contribution in [0.15, 0.2) is 23.2 Å². The number of aryl methyl sites for hydroxylation is 1. The first-order valence-electron chi connectivity index (χ1n) is 9.84. The van der Waals surface area contributed by atoms with E-state index < -0.39 is 0 Å². The number of rotatable bonds is 10. The Hall–Kier alpha value is -2.77. The van der Waals surface area contributed by atoms with Gasteiger partial charge < -0.3 is 24.7 Å². The van der Waals surface area contributed by atoms with E-state index in [1.807, 2.05) is 51.4 Å². The number of hydrogen-bond donors (Lipinski definition) is 2. The standard InChI is InChI=1S/C20H32N6O2/c1-6-21-20(23-14-19-25-24-15(4)26(19)5)22-12-11-16-9-10-17(27-7-2)18(13-16)28-8-3/h9-10,13H,6-8,11-12,14H2,1-5H3,(H2,21,22,23). The highest BCUT2D eigenvalue weighted by Gasteiger charge is 2.07. The maximum absolute atomic E-state index is 5.70. The van der Waals surface area contributed by atoms with Crippen molar-refractivity contribution in [3.05, 3.63) is 35.4 Å². The Balaban J connectivity index is 1.95. The zero-order chi connectivity index (χ0) is 20.4. The summed E-state index contributed by atoms with van der Waals surface area (Å²) in [5, 5.41) is 14.8. The normalized spacial score (nSPS) is 11.4. The Kier molecular flexibility index (Phi) is 8.58. The lowest BCUT2D eigenvalue weighted by Gasteiger charge is -2.14. The van der Waals surface area contributed by atoms with Gasteiger partial charge in [-0.15, -0.1) is 10.2 Å². The number of benzene rings is 1. The smallest absolute Gasteiger partial charge is 0.191 e. The second kappa shape index (κ2) is 11.2. The van der Waals surface area contributed by atoms with Crippen molar-refractivity contribution in [3.8, 4) is 11.5 Å². The molecule has 2 N–H and O–H groups in total. The lowest BCUT2D eigenvalue weighted by molar-refractivity contribution is 0.287. The van der Waals surface area contributed by atoms with Crippen LogP contribution in [0.4, 0.5) is 0 Å². The molecule has 154 valence electrons. The van der Waals surface area contributed by atoms with Crippen LogP contribution < -0.4 is 20.1 Å². The van der Waals surface area contributed by atoms with E-state index in [2.05, 4.69) is 31.9 Å². The van der Waals surface area contributed by atoms with Crippen LogP contribution in [-0.4, -0.2) is 47.0 Å². The van der Waals surface area contributed by atoms with E-state index >= 15 is 0 Å². The zero-order valence-electron chi connectivity index (χ0n) is 17.6. The maximum atomic E-state index is 5.70. The van der Waals surface area contributed by atoms with E-state index in [-0.39, 0.29) is 0 Å². The van der Waals surface area contributed by atoms with Crippen molar-refractivity contribution in [2.75, 3.05) is 26.3 Å². The van der Waals surface area contributed by atoms with Gasteiger partial charge >= 0.3 is 0 Å². The fourth-order valence-electron chi connectivity index (χ4n) is 2.66. The molecule has 1 aromatic carbocycles. The van der Waals surface area contributed by atoms with E-state index in [0.717, 1.165) is 48.6 Å². The fraction of sp³-hybridized carbons (Fsp3) is 0.550. The SMILES string of the molecule is CCNC(=NCc1nnc(C)n1C)NCCc1ccc(OCC)c(OCC)c1. The Morgan fingerprint density at radius 3 is 2.46 bits per heavy atom. The molecule has 0 radical (unpaired) electrons. The molecule has 0 spiro atoms. The third-order valence-electron chi connectivity index (χ3n) is 4.22. The molecule has 0 unspecified atom stereocenters. The molecule has 1 aromatic heterocycles. The van der Waals surface area contributed by atoms with Gasteiger partial charge in [-0.1, -0.05) is 6.07 Å². The number of nitrogens with zero attached hydrogens (tertiary/aromatic N) is 4. The number of guanidine groups is 1. The minimum absolute atomic E-state index is 0.476. The van der Waals surface area contributed by atoms with Crippen molar-refractivity contribution >= 4 is 5.96 Å². The number of aromatic nitrogens is 3. The minimum Gasteiger partial charge on any atom is -0.490 e. The molecule has 0 amide bonds. The number of ether oxygens (including phenoxy) is 2. The van der Waals surface area contributed by atoms with E-state index in [1.54, 1.807) is 0 Å². The van der Waals surface area contributed by atoms with Crippen molar-refractivity contribution in [1.82, 2.24) is 25.4 Å². The first-order valence-corrected chi connectivity index (χ1v) is 9.84. The maximum Gasteiger partial charge on any atom is 0.191 e. The number of hydrogen-bond acceptors (Lipinski definition) is 5. The molecule has 0 atom stereocenters. The van der Waals surface area contributed by atoms with Crippen LogP contribution in [0.5, 0.6) is 11.5 Å². The number of nitrogens with one attached hydrogen (secondary N) is 2. The molecular formula is C20H32N6O2. The second-order valence-electron chi connectivity index (χ2n) is 6.24. The molecule has 0 aliphatic rings. The Morgan fingerprint density at radius 2 is 1.82 bits per heavy atom. The highest BCUT2D eigenvalue weighted by Crippen LogP contribution is 2.28. The molecule has 0 fully saturated rings. The van der Waals surface area contributed by atoms with E-state index in [4.69, 9.17) is 9.47 Å². The van der Waals surface area contributed by atoms with Crippen LogP contribution in [0.1, 0.15) is 38.0 Å². The Labute approximate surface area is 167 Å². The summed E-state index contributed by atoms with van der Waals surface area (Å²) < 4.78 is 13.3. The third-order valence-corrected chi connectivity index (χ3v) is 4.22. The monoisotopic (exact) mass is 388 g/mol. The van der Waals surface area contributed by atoms with E-state index in [9.17, 15) is 0 Å². The highest BCUT2D eigenvalue weighted by atomic mass is 16.5. The van der Waals surface area contributed by atoms with Gasteiger partial charge in [0.05, 0.1) is 13.2 Å². The topological polar surface area (TPSA) is 85.6 Å². The van der Waals surface area contributed by atoms with Crippen LogP contribution in [0.2, 0.25) is 0 Å². The average Bonchev–Trinajstić information content (AvgIpc) is 3.00. The van der Waals surface area contributed by atoms with Crippen LogP contribution in [0, 0.1) is 6.92 Å². The molecule has 0 saturated carbocycles. The largest absolute Gasteiger partial charge is 0.490 e. The third kappa shape index (κ3) is 6.14. The molecule has 0 saturated heterocycles. The van der Waals surface area contributed by atoms with Gasteiger partial charge in [-0.25, -0.2) is 4.99 Å². The van der Waals surface area contributed by atoms with E-state index in [0.29, 0.717) is 19.8 Å². The Bertz CT molecular complexity index is 772. The van der Waals surface area contributed by atoms with Gasteiger partial charge in [-0.3, -0.25) is 0 Å². The van der Waals surface area contributed by atoms with Crippen LogP contribution in [0.3, 0.4) is 0 Å². The van der Waals surface area contributed by atoms with Crippen LogP contribution in [-0.2, 0) is 20.0 Å². The lowest BCUT2D eigenvalue weighted by atomic mass is 10.1. The molecule has 0 aliphatic heterocycles. The second-order valence-corrected chi connectivity index (χ2v) is 6.24. The molecule has 2 rings (SSSR count). The molecule has 8 heteroatoms. The molecule has 28 heavy (non-hydrogen) atoms. The highest BCUT2D eigenvalue weighted by molar-refractivity contribution is 5.79. The van der Waals surface area contributed by atoms with Crippen molar-refractivity contribution in [1.29, 1.82) is 0 Å². The predicted octanol–water partition coefficient (Wildman–Crippen LogP) is 2.22. The molecular weight excluding hydrogens is 356 g/mol. The first-order chi connectivity index (χ1) is 13.6. The van der Waals surface area contributed by atoms with Gasteiger partial charge in [-0.05, 0) is 51.8 Å². The Morgan fingerprint density at radius 1 is 1.07 bits per heavy atom. The summed E-state index contributed by atoms with van der Waals surface area (Å²) in [4.78, 5) is 4.60. The zero-order valence-corrected chi connectivity index (χ0v) is 17.6. The van der Waals surface area contributed by atoms with Gasteiger partial charge in [0.25, 0.3) is 0 Å². The van der Waals surface area contributed by atoms with Gasteiger partial charge in [0.2, 0.25) is 0 Å². The van der Waals surface area contributed by atoms with Crippen molar-refractivity contribution in [3.63, 3.8) is 0 Å². The minimum atomic E-state index is 0.476. The number of aliphatic imine (C=N–C) groups is 1. The first kappa shape index (κ1) is 21.5. The summed E-state index contributed by atoms with van der Waals surface area (Å²) in [6.07, 6.45) is 0.847. The van der Waals surface area contributed by atoms with E-state index in [1.165, 1.54) is 5.56 Å². The summed E-state index contributed by atoms with van der Waals surface area (Å²) >= 11 is 0. The molecule has 0 bridgehead atoms. The van der Waals surface area contributed by atoms with Crippen molar-refractivity contribution < 1.29 is 9.47 Å². The van der Waals surface area contributed by atoms with Crippen molar-refractivity contribution in [2.24, 2.45) is 12.0 Å². The van der Waals surface area contributed by atoms with Gasteiger partial charge in [0.1, 0.15) is 12.4 Å². The summed E-state index contributed by atoms with van der Waals surface area (Å²) in [5.41, 5.74) is 1.18. The van der Waals surface area contributed by atoms with Crippen LogP contribution >= 0.6 is 0 Å². The summed E-state index contributed by atoms with van der Waals surface area (Å²) in [6.45, 7) is 11.2. The van der Waals surface area contributed by atoms with Gasteiger partial charge in [0.15, 0.2) is 23.3 Å². The summed E-state index contributed by atoms with van der Waals surface area (Å²) in [7, 11) is 1.95.